The van der Waals surface area contributed by atoms with Gasteiger partial charge in [-0.1, -0.05) is 164 Å². The molecule has 0 unspecified atom stereocenters. The van der Waals surface area contributed by atoms with Gasteiger partial charge in [0.05, 0.1) is 50.4 Å². The zero-order chi connectivity index (χ0) is 47.0. The minimum atomic E-state index is 0.537. The van der Waals surface area contributed by atoms with Crippen molar-refractivity contribution in [1.82, 2.24) is 28.7 Å². The van der Waals surface area contributed by atoms with Crippen LogP contribution in [-0.4, -0.2) is 28.7 Å². The number of rotatable bonds is 7. The van der Waals surface area contributed by atoms with E-state index in [0.29, 0.717) is 23.0 Å². The van der Waals surface area contributed by atoms with Crippen LogP contribution in [0.15, 0.2) is 237 Å². The summed E-state index contributed by atoms with van der Waals surface area (Å²) in [5.41, 5.74) is 14.8. The van der Waals surface area contributed by atoms with Crippen LogP contribution in [0.25, 0.3) is 128 Å². The summed E-state index contributed by atoms with van der Waals surface area (Å²) in [5, 5.41) is 16.8. The number of hydrogen-bond acceptors (Lipinski definition) is 4. The van der Waals surface area contributed by atoms with E-state index in [9.17, 15) is 5.26 Å². The highest BCUT2D eigenvalue weighted by Gasteiger charge is 2.23. The van der Waals surface area contributed by atoms with Crippen LogP contribution in [0.4, 0.5) is 0 Å². The molecular weight excluding hydrogens is 867 g/mol. The summed E-state index contributed by atoms with van der Waals surface area (Å²) in [6, 6.07) is 85.2. The Bertz CT molecular complexity index is 4120. The number of nitrogens with zero attached hydrogens (tertiary/aromatic N) is 7. The maximum Gasteiger partial charge on any atom is 0.166 e. The monoisotopic (exact) mass is 905 g/mol. The lowest BCUT2D eigenvalue weighted by Gasteiger charge is -2.17. The fourth-order valence-corrected chi connectivity index (χ4v) is 10.7. The normalized spacial score (nSPS) is 11.6. The van der Waals surface area contributed by atoms with Crippen LogP contribution in [0.1, 0.15) is 5.56 Å². The molecule has 0 aliphatic rings. The predicted molar refractivity (Wildman–Crippen MR) is 289 cm³/mol. The molecule has 14 rings (SSSR count). The molecule has 0 radical (unpaired) electrons. The molecule has 330 valence electrons. The summed E-state index contributed by atoms with van der Waals surface area (Å²) in [6.07, 6.45) is 0. The molecule has 0 aliphatic carbocycles. The zero-order valence-corrected chi connectivity index (χ0v) is 38.1. The Kier molecular flexibility index (Phi) is 9.13. The summed E-state index contributed by atoms with van der Waals surface area (Å²) >= 11 is 0. The van der Waals surface area contributed by atoms with Crippen molar-refractivity contribution in [2.45, 2.75) is 0 Å². The topological polar surface area (TPSA) is 77.2 Å². The molecule has 14 aromatic rings. The molecule has 71 heavy (non-hydrogen) atoms. The van der Waals surface area contributed by atoms with Crippen molar-refractivity contribution >= 4 is 65.4 Å². The molecule has 0 bridgehead atoms. The van der Waals surface area contributed by atoms with E-state index in [-0.39, 0.29) is 0 Å². The van der Waals surface area contributed by atoms with Crippen molar-refractivity contribution in [3.8, 4) is 68.4 Å². The van der Waals surface area contributed by atoms with Crippen molar-refractivity contribution in [3.63, 3.8) is 0 Å². The molecule has 0 fully saturated rings. The van der Waals surface area contributed by atoms with Crippen LogP contribution in [0, 0.1) is 11.3 Å². The van der Waals surface area contributed by atoms with E-state index in [4.69, 9.17) is 15.0 Å². The van der Waals surface area contributed by atoms with Crippen LogP contribution in [0.2, 0.25) is 0 Å². The predicted octanol–water partition coefficient (Wildman–Crippen LogP) is 15.7. The zero-order valence-electron chi connectivity index (χ0n) is 38.1. The Labute approximate surface area is 408 Å². The van der Waals surface area contributed by atoms with Gasteiger partial charge in [0.15, 0.2) is 17.5 Å². The van der Waals surface area contributed by atoms with Crippen molar-refractivity contribution in [2.24, 2.45) is 0 Å². The molecule has 7 heteroatoms. The Morgan fingerprint density at radius 2 is 0.690 bits per heavy atom. The number of fused-ring (bicyclic) bond motifs is 9. The van der Waals surface area contributed by atoms with Gasteiger partial charge in [0.2, 0.25) is 0 Å². The molecule has 10 aromatic carbocycles. The smallest absolute Gasteiger partial charge is 0.166 e. The summed E-state index contributed by atoms with van der Waals surface area (Å²) in [4.78, 5) is 15.8. The van der Waals surface area contributed by atoms with Crippen LogP contribution in [0.3, 0.4) is 0 Å². The average molecular weight is 906 g/mol. The van der Waals surface area contributed by atoms with E-state index < -0.39 is 0 Å². The van der Waals surface area contributed by atoms with Gasteiger partial charge >= 0.3 is 0 Å². The van der Waals surface area contributed by atoms with E-state index in [0.717, 1.165) is 88.8 Å². The Morgan fingerprint density at radius 3 is 1.14 bits per heavy atom. The Balaban J connectivity index is 1.10. The maximum absolute atomic E-state index is 9.74. The molecule has 0 amide bonds. The van der Waals surface area contributed by atoms with Gasteiger partial charge in [0.1, 0.15) is 0 Å². The molecule has 0 spiro atoms. The minimum Gasteiger partial charge on any atom is -0.309 e. The second-order valence-corrected chi connectivity index (χ2v) is 17.9. The van der Waals surface area contributed by atoms with Gasteiger partial charge in [-0.05, 0) is 83.9 Å². The highest BCUT2D eigenvalue weighted by molar-refractivity contribution is 6.14. The van der Waals surface area contributed by atoms with E-state index in [2.05, 4.69) is 171 Å². The molecular formula is C64H39N7. The van der Waals surface area contributed by atoms with Gasteiger partial charge in [0, 0.05) is 60.4 Å². The molecule has 0 saturated heterocycles. The van der Waals surface area contributed by atoms with Crippen molar-refractivity contribution in [2.75, 3.05) is 0 Å². The number of para-hydroxylation sites is 4. The van der Waals surface area contributed by atoms with Crippen molar-refractivity contribution in [1.29, 1.82) is 5.26 Å². The minimum absolute atomic E-state index is 0.537. The van der Waals surface area contributed by atoms with Gasteiger partial charge in [-0.15, -0.1) is 0 Å². The second-order valence-electron chi connectivity index (χ2n) is 17.9. The number of nitriles is 1. The lowest BCUT2D eigenvalue weighted by atomic mass is 10.00. The summed E-state index contributed by atoms with van der Waals surface area (Å²) in [6.45, 7) is 0. The Hall–Kier alpha value is -9.90. The first kappa shape index (κ1) is 40.2. The highest BCUT2D eigenvalue weighted by Crippen LogP contribution is 2.42. The molecule has 4 heterocycles. The lowest BCUT2D eigenvalue weighted by Crippen LogP contribution is -2.04. The van der Waals surface area contributed by atoms with Crippen molar-refractivity contribution < 1.29 is 0 Å². The van der Waals surface area contributed by atoms with Crippen molar-refractivity contribution in [3.05, 3.63) is 242 Å². The quantitative estimate of drug-likeness (QED) is 0.160. The van der Waals surface area contributed by atoms with Gasteiger partial charge in [-0.3, -0.25) is 0 Å². The highest BCUT2D eigenvalue weighted by atomic mass is 15.1. The number of aromatic nitrogens is 6. The fourth-order valence-electron chi connectivity index (χ4n) is 10.7. The van der Waals surface area contributed by atoms with Crippen LogP contribution in [-0.2, 0) is 0 Å². The molecule has 0 aliphatic heterocycles. The fraction of sp³-hybridized carbons (Fsp3) is 0. The van der Waals surface area contributed by atoms with Gasteiger partial charge in [0.25, 0.3) is 0 Å². The van der Waals surface area contributed by atoms with Crippen LogP contribution < -0.4 is 0 Å². The maximum atomic E-state index is 9.74. The second kappa shape index (κ2) is 16.1. The first-order chi connectivity index (χ1) is 35.2. The summed E-state index contributed by atoms with van der Waals surface area (Å²) in [5.74, 6) is 1.69. The largest absolute Gasteiger partial charge is 0.309 e. The van der Waals surface area contributed by atoms with E-state index in [1.807, 2.05) is 84.9 Å². The van der Waals surface area contributed by atoms with Gasteiger partial charge in [-0.2, -0.15) is 5.26 Å². The first-order valence-electron chi connectivity index (χ1n) is 23.7. The average Bonchev–Trinajstić information content (AvgIpc) is 4.08. The van der Waals surface area contributed by atoms with Gasteiger partial charge in [-0.25, -0.2) is 15.0 Å². The van der Waals surface area contributed by atoms with E-state index in [1.165, 1.54) is 21.5 Å². The molecule has 0 atom stereocenters. The van der Waals surface area contributed by atoms with E-state index >= 15 is 0 Å². The van der Waals surface area contributed by atoms with Crippen LogP contribution in [0.5, 0.6) is 0 Å². The number of benzene rings is 10. The van der Waals surface area contributed by atoms with Crippen LogP contribution >= 0.6 is 0 Å². The number of hydrogen-bond donors (Lipinski definition) is 0. The third-order valence-corrected chi connectivity index (χ3v) is 13.9. The lowest BCUT2D eigenvalue weighted by molar-refractivity contribution is 1.06. The molecule has 4 aromatic heterocycles. The third-order valence-electron chi connectivity index (χ3n) is 13.9. The van der Waals surface area contributed by atoms with Gasteiger partial charge < -0.3 is 13.7 Å². The molecule has 0 N–H and O–H groups in total. The third kappa shape index (κ3) is 6.47. The van der Waals surface area contributed by atoms with E-state index in [1.54, 1.807) is 0 Å². The SMILES string of the molecule is N#Cc1ccc(-c2ccc(-n3c4cc(-n5c6ccccc6c6ccccc65)ccc4c4ccc(-n5c6ccccc6c6ccccc65)cc43)c(-c3nc(-c4ccccc4)nc(-c4ccccc4)n3)c2)cc1. The summed E-state index contributed by atoms with van der Waals surface area (Å²) in [7, 11) is 0. The standard InChI is InChI=1S/C64H39N7/c65-40-41-27-29-42(30-28-41)45-31-36-59(54(37-45)64-67-62(43-15-3-1-4-16-43)66-63(68-64)44-17-5-2-6-18-44)71-60-38-46(69-55-23-11-7-19-48(55)49-20-8-12-24-56(49)69)32-34-52(60)53-35-33-47(39-61(53)71)70-57-25-13-9-21-50(57)51-22-10-14-26-58(51)70/h1-39H. The Morgan fingerprint density at radius 1 is 0.296 bits per heavy atom. The molecule has 7 nitrogen and oxygen atoms in total. The molecule has 0 saturated carbocycles. The first-order valence-corrected chi connectivity index (χ1v) is 23.7. The summed E-state index contributed by atoms with van der Waals surface area (Å²) < 4.78 is 7.18.